The molecule has 1 aromatic rings. The lowest BCUT2D eigenvalue weighted by molar-refractivity contribution is 0.159. The van der Waals surface area contributed by atoms with E-state index in [0.29, 0.717) is 12.2 Å². The maximum absolute atomic E-state index is 9.72. The number of hydrogen-bond acceptors (Lipinski definition) is 3. The fourth-order valence-electron chi connectivity index (χ4n) is 1.39. The Labute approximate surface area is 90.3 Å². The summed E-state index contributed by atoms with van der Waals surface area (Å²) < 4.78 is 5.00. The summed E-state index contributed by atoms with van der Waals surface area (Å²) in [5.41, 5.74) is 0.612. The number of phenolic OH excluding ortho intramolecular Hbond substituents is 1. The summed E-state index contributed by atoms with van der Waals surface area (Å²) in [5.74, 6) is 0.855. The number of aliphatic hydroxyl groups is 1. The van der Waals surface area contributed by atoms with E-state index in [1.165, 1.54) is 0 Å². The van der Waals surface area contributed by atoms with Gasteiger partial charge in [-0.3, -0.25) is 0 Å². The Morgan fingerprint density at radius 3 is 2.47 bits per heavy atom. The zero-order valence-corrected chi connectivity index (χ0v) is 9.45. The topological polar surface area (TPSA) is 49.7 Å². The Morgan fingerprint density at radius 2 is 2.00 bits per heavy atom. The minimum atomic E-state index is -0.216. The Hall–Kier alpha value is -1.22. The molecule has 1 aromatic carbocycles. The Bertz CT molecular complexity index is 332. The number of phenols is 1. The van der Waals surface area contributed by atoms with E-state index in [0.717, 1.165) is 5.56 Å². The molecule has 0 amide bonds. The van der Waals surface area contributed by atoms with Crippen molar-refractivity contribution < 1.29 is 14.9 Å². The molecule has 0 heterocycles. The zero-order valence-electron chi connectivity index (χ0n) is 9.45. The first kappa shape index (κ1) is 11.9. The average molecular weight is 210 g/mol. The van der Waals surface area contributed by atoms with Gasteiger partial charge in [0.25, 0.3) is 0 Å². The van der Waals surface area contributed by atoms with E-state index in [2.05, 4.69) is 0 Å². The van der Waals surface area contributed by atoms with Crippen LogP contribution in [-0.2, 0) is 6.42 Å². The van der Waals surface area contributed by atoms with Crippen molar-refractivity contribution in [3.05, 3.63) is 23.8 Å². The molecule has 0 saturated heterocycles. The van der Waals surface area contributed by atoms with Crippen molar-refractivity contribution in [1.82, 2.24) is 0 Å². The fraction of sp³-hybridized carbons (Fsp3) is 0.500. The molecule has 0 aromatic heterocycles. The van der Waals surface area contributed by atoms with Gasteiger partial charge in [-0.1, -0.05) is 19.9 Å². The van der Waals surface area contributed by atoms with Crippen molar-refractivity contribution in [1.29, 1.82) is 0 Å². The second-order valence-corrected chi connectivity index (χ2v) is 4.49. The first-order valence-corrected chi connectivity index (χ1v) is 4.95. The second-order valence-electron chi connectivity index (χ2n) is 4.49. The van der Waals surface area contributed by atoms with Gasteiger partial charge in [0.2, 0.25) is 0 Å². The predicted molar refractivity (Wildman–Crippen MR) is 59.2 cm³/mol. The summed E-state index contributed by atoms with van der Waals surface area (Å²) in [7, 11) is 1.56. The van der Waals surface area contributed by atoms with Gasteiger partial charge in [-0.2, -0.15) is 0 Å². The van der Waals surface area contributed by atoms with Crippen LogP contribution in [0.5, 0.6) is 11.5 Å². The van der Waals surface area contributed by atoms with E-state index in [1.807, 2.05) is 26.0 Å². The van der Waals surface area contributed by atoms with Crippen molar-refractivity contribution in [2.24, 2.45) is 5.41 Å². The third-order valence-electron chi connectivity index (χ3n) is 2.39. The fourth-order valence-corrected chi connectivity index (χ4v) is 1.39. The highest BCUT2D eigenvalue weighted by Crippen LogP contribution is 2.29. The molecule has 3 heteroatoms. The number of aliphatic hydroxyl groups excluding tert-OH is 1. The predicted octanol–water partition coefficient (Wildman–Crippen LogP) is 1.96. The summed E-state index contributed by atoms with van der Waals surface area (Å²) in [5, 5.41) is 18.9. The van der Waals surface area contributed by atoms with Crippen LogP contribution in [0.15, 0.2) is 18.2 Å². The van der Waals surface area contributed by atoms with E-state index >= 15 is 0 Å². The van der Waals surface area contributed by atoms with E-state index < -0.39 is 0 Å². The molecule has 0 spiro atoms. The summed E-state index contributed by atoms with van der Waals surface area (Å²) in [6.07, 6.45) is 0.638. The maximum Gasteiger partial charge on any atom is 0.122 e. The van der Waals surface area contributed by atoms with Crippen LogP contribution in [0.25, 0.3) is 0 Å². The largest absolute Gasteiger partial charge is 0.508 e. The standard InChI is InChI=1S/C12H18O3/c1-12(2,8-13)7-9-4-5-10(15-3)6-11(9)14/h4-6,13-14H,7-8H2,1-3H3. The van der Waals surface area contributed by atoms with Crippen molar-refractivity contribution >= 4 is 0 Å². The molecular formula is C12H18O3. The van der Waals surface area contributed by atoms with Crippen LogP contribution in [0.2, 0.25) is 0 Å². The van der Waals surface area contributed by atoms with Crippen molar-refractivity contribution in [3.63, 3.8) is 0 Å². The highest BCUT2D eigenvalue weighted by Gasteiger charge is 2.19. The number of hydrogen-bond donors (Lipinski definition) is 2. The highest BCUT2D eigenvalue weighted by atomic mass is 16.5. The van der Waals surface area contributed by atoms with Crippen molar-refractivity contribution in [3.8, 4) is 11.5 Å². The first-order valence-electron chi connectivity index (χ1n) is 4.95. The van der Waals surface area contributed by atoms with E-state index in [-0.39, 0.29) is 17.8 Å². The van der Waals surface area contributed by atoms with Crippen LogP contribution in [0, 0.1) is 5.41 Å². The molecule has 84 valence electrons. The lowest BCUT2D eigenvalue weighted by atomic mass is 9.86. The second kappa shape index (κ2) is 4.53. The molecule has 1 rings (SSSR count). The molecule has 3 nitrogen and oxygen atoms in total. The van der Waals surface area contributed by atoms with E-state index in [9.17, 15) is 5.11 Å². The van der Waals surface area contributed by atoms with Gasteiger partial charge in [-0.05, 0) is 23.5 Å². The third-order valence-corrected chi connectivity index (χ3v) is 2.39. The number of ether oxygens (including phenoxy) is 1. The molecule has 0 aliphatic heterocycles. The summed E-state index contributed by atoms with van der Waals surface area (Å²) in [6, 6.07) is 5.22. The van der Waals surface area contributed by atoms with Gasteiger partial charge in [-0.25, -0.2) is 0 Å². The minimum absolute atomic E-state index is 0.0957. The molecule has 0 radical (unpaired) electrons. The zero-order chi connectivity index (χ0) is 11.5. The van der Waals surface area contributed by atoms with Crippen LogP contribution in [0.1, 0.15) is 19.4 Å². The maximum atomic E-state index is 9.72. The van der Waals surface area contributed by atoms with Crippen molar-refractivity contribution in [2.75, 3.05) is 13.7 Å². The Kier molecular flexibility index (Phi) is 3.58. The lowest BCUT2D eigenvalue weighted by Gasteiger charge is -2.22. The van der Waals surface area contributed by atoms with Crippen molar-refractivity contribution in [2.45, 2.75) is 20.3 Å². The normalized spacial score (nSPS) is 11.5. The monoisotopic (exact) mass is 210 g/mol. The smallest absolute Gasteiger partial charge is 0.122 e. The van der Waals surface area contributed by atoms with Crippen LogP contribution in [-0.4, -0.2) is 23.9 Å². The van der Waals surface area contributed by atoms with Crippen LogP contribution < -0.4 is 4.74 Å². The average Bonchev–Trinajstić information content (AvgIpc) is 2.21. The van der Waals surface area contributed by atoms with Crippen LogP contribution in [0.4, 0.5) is 0 Å². The first-order chi connectivity index (χ1) is 6.98. The van der Waals surface area contributed by atoms with E-state index in [4.69, 9.17) is 9.84 Å². The molecule has 0 aliphatic carbocycles. The van der Waals surface area contributed by atoms with Crippen LogP contribution in [0.3, 0.4) is 0 Å². The number of aromatic hydroxyl groups is 1. The molecule has 0 aliphatic rings. The van der Waals surface area contributed by atoms with Gasteiger partial charge < -0.3 is 14.9 Å². The number of benzene rings is 1. The molecule has 0 atom stereocenters. The SMILES string of the molecule is COc1ccc(CC(C)(C)CO)c(O)c1. The van der Waals surface area contributed by atoms with Gasteiger partial charge in [0.05, 0.1) is 7.11 Å². The number of rotatable bonds is 4. The molecule has 2 N–H and O–H groups in total. The minimum Gasteiger partial charge on any atom is -0.508 e. The van der Waals surface area contributed by atoms with Gasteiger partial charge in [0, 0.05) is 12.7 Å². The molecule has 0 fully saturated rings. The third kappa shape index (κ3) is 3.13. The highest BCUT2D eigenvalue weighted by molar-refractivity contribution is 5.40. The van der Waals surface area contributed by atoms with E-state index in [1.54, 1.807) is 13.2 Å². The van der Waals surface area contributed by atoms with Gasteiger partial charge in [0.15, 0.2) is 0 Å². The molecule has 0 unspecified atom stereocenters. The lowest BCUT2D eigenvalue weighted by Crippen LogP contribution is -2.19. The summed E-state index contributed by atoms with van der Waals surface area (Å²) in [4.78, 5) is 0. The van der Waals surface area contributed by atoms with Gasteiger partial charge >= 0.3 is 0 Å². The number of methoxy groups -OCH3 is 1. The summed E-state index contributed by atoms with van der Waals surface area (Å²) in [6.45, 7) is 4.01. The Morgan fingerprint density at radius 1 is 1.33 bits per heavy atom. The van der Waals surface area contributed by atoms with Crippen LogP contribution >= 0.6 is 0 Å². The quantitative estimate of drug-likeness (QED) is 0.798. The summed E-state index contributed by atoms with van der Waals surface area (Å²) >= 11 is 0. The molecular weight excluding hydrogens is 192 g/mol. The molecule has 0 bridgehead atoms. The van der Waals surface area contributed by atoms with Gasteiger partial charge in [0.1, 0.15) is 11.5 Å². The molecule has 0 saturated carbocycles. The van der Waals surface area contributed by atoms with Gasteiger partial charge in [-0.15, -0.1) is 0 Å². The Balaban J connectivity index is 2.87. The molecule has 15 heavy (non-hydrogen) atoms.